The lowest BCUT2D eigenvalue weighted by molar-refractivity contribution is 0.0130. The summed E-state index contributed by atoms with van der Waals surface area (Å²) in [5, 5.41) is 14.5. The summed E-state index contributed by atoms with van der Waals surface area (Å²) in [6.45, 7) is 8.04. The van der Waals surface area contributed by atoms with Crippen molar-refractivity contribution in [3.8, 4) is 11.5 Å². The molecule has 1 atom stereocenters. The normalized spacial score (nSPS) is 19.3. The van der Waals surface area contributed by atoms with Crippen LogP contribution < -0.4 is 15.0 Å². The highest BCUT2D eigenvalue weighted by molar-refractivity contribution is 5.93. The van der Waals surface area contributed by atoms with E-state index in [2.05, 4.69) is 10.2 Å². The zero-order valence-corrected chi connectivity index (χ0v) is 19.3. The van der Waals surface area contributed by atoms with Crippen LogP contribution in [0.3, 0.4) is 0 Å². The fourth-order valence-corrected chi connectivity index (χ4v) is 4.24. The third-order valence-corrected chi connectivity index (χ3v) is 5.81. The number of hydrogen-bond donors (Lipinski definition) is 2. The Morgan fingerprint density at radius 2 is 1.84 bits per heavy atom. The number of anilines is 2. The summed E-state index contributed by atoms with van der Waals surface area (Å²) in [7, 11) is 1.51. The van der Waals surface area contributed by atoms with Crippen molar-refractivity contribution in [3.63, 3.8) is 0 Å². The van der Waals surface area contributed by atoms with Gasteiger partial charge in [-0.2, -0.15) is 4.98 Å². The predicted octanol–water partition coefficient (Wildman–Crippen LogP) is 4.10. The van der Waals surface area contributed by atoms with Gasteiger partial charge in [-0.05, 0) is 58.9 Å². The summed E-state index contributed by atoms with van der Waals surface area (Å²) in [5.74, 6) is 1.63. The Hall–Kier alpha value is -2.97. The fourth-order valence-electron chi connectivity index (χ4n) is 4.24. The SMILES string of the molecule is COc1cc2c(NC3CCCCN3C(=O)OC(C)(C)C)nc(N3CCCC3)nc2cc1O. The number of likely N-dealkylation sites (tertiary alicyclic amines) is 1. The molecule has 0 bridgehead atoms. The molecule has 9 nitrogen and oxygen atoms in total. The van der Waals surface area contributed by atoms with E-state index in [0.29, 0.717) is 29.6 Å². The molecule has 2 saturated heterocycles. The molecule has 2 aliphatic heterocycles. The Kier molecular flexibility index (Phi) is 6.17. The Bertz CT molecular complexity index is 984. The maximum atomic E-state index is 12.9. The van der Waals surface area contributed by atoms with Crippen LogP contribution in [0.15, 0.2) is 12.1 Å². The summed E-state index contributed by atoms with van der Waals surface area (Å²) < 4.78 is 11.0. The first kappa shape index (κ1) is 22.2. The molecule has 2 N–H and O–H groups in total. The second-order valence-corrected chi connectivity index (χ2v) is 9.44. The van der Waals surface area contributed by atoms with Crippen molar-refractivity contribution in [1.82, 2.24) is 14.9 Å². The van der Waals surface area contributed by atoms with E-state index in [-0.39, 0.29) is 18.0 Å². The molecule has 9 heteroatoms. The van der Waals surface area contributed by atoms with Crippen molar-refractivity contribution >= 4 is 28.8 Å². The number of aromatic nitrogens is 2. The van der Waals surface area contributed by atoms with Crippen LogP contribution in [0.2, 0.25) is 0 Å². The molecule has 1 aromatic heterocycles. The van der Waals surface area contributed by atoms with Gasteiger partial charge in [0.15, 0.2) is 11.5 Å². The fraction of sp³-hybridized carbons (Fsp3) is 0.609. The highest BCUT2D eigenvalue weighted by Crippen LogP contribution is 2.35. The quantitative estimate of drug-likeness (QED) is 0.728. The zero-order valence-electron chi connectivity index (χ0n) is 19.3. The highest BCUT2D eigenvalue weighted by atomic mass is 16.6. The van der Waals surface area contributed by atoms with E-state index >= 15 is 0 Å². The Labute approximate surface area is 188 Å². The minimum Gasteiger partial charge on any atom is -0.504 e. The van der Waals surface area contributed by atoms with Gasteiger partial charge in [0.1, 0.15) is 17.6 Å². The maximum Gasteiger partial charge on any atom is 0.411 e. The van der Waals surface area contributed by atoms with Crippen LogP contribution in [0.25, 0.3) is 10.9 Å². The number of methoxy groups -OCH3 is 1. The molecule has 0 radical (unpaired) electrons. The van der Waals surface area contributed by atoms with Crippen LogP contribution in [-0.4, -0.2) is 64.6 Å². The maximum absolute atomic E-state index is 12.9. The van der Waals surface area contributed by atoms with Gasteiger partial charge >= 0.3 is 6.09 Å². The van der Waals surface area contributed by atoms with E-state index in [4.69, 9.17) is 19.4 Å². The first-order valence-corrected chi connectivity index (χ1v) is 11.3. The zero-order chi connectivity index (χ0) is 22.9. The number of nitrogens with zero attached hydrogens (tertiary/aromatic N) is 4. The number of benzene rings is 1. The van der Waals surface area contributed by atoms with Gasteiger partial charge in [-0.1, -0.05) is 0 Å². The van der Waals surface area contributed by atoms with E-state index in [0.717, 1.165) is 50.6 Å². The number of phenols is 1. The van der Waals surface area contributed by atoms with Crippen LogP contribution in [0.4, 0.5) is 16.6 Å². The number of carbonyl (C=O) groups excluding carboxylic acids is 1. The predicted molar refractivity (Wildman–Crippen MR) is 123 cm³/mol. The van der Waals surface area contributed by atoms with Crippen molar-refractivity contribution < 1.29 is 19.4 Å². The lowest BCUT2D eigenvalue weighted by Gasteiger charge is -2.37. The second-order valence-electron chi connectivity index (χ2n) is 9.44. The topological polar surface area (TPSA) is 100 Å². The number of nitrogens with one attached hydrogen (secondary N) is 1. The number of piperidine rings is 1. The molecule has 1 unspecified atom stereocenters. The molecule has 174 valence electrons. The Balaban J connectivity index is 1.71. The molecule has 4 rings (SSSR count). The van der Waals surface area contributed by atoms with Crippen molar-refractivity contribution in [2.75, 3.05) is 37.0 Å². The lowest BCUT2D eigenvalue weighted by atomic mass is 10.1. The average Bonchev–Trinajstić information content (AvgIpc) is 3.27. The van der Waals surface area contributed by atoms with E-state index in [1.807, 2.05) is 20.8 Å². The van der Waals surface area contributed by atoms with Gasteiger partial charge in [0.05, 0.1) is 12.6 Å². The molecule has 2 aromatic rings. The minimum atomic E-state index is -0.561. The monoisotopic (exact) mass is 443 g/mol. The smallest absolute Gasteiger partial charge is 0.411 e. The summed E-state index contributed by atoms with van der Waals surface area (Å²) in [5.41, 5.74) is 0.0662. The molecule has 2 aliphatic rings. The highest BCUT2D eigenvalue weighted by Gasteiger charge is 2.31. The molecular formula is C23H33N5O4. The van der Waals surface area contributed by atoms with Crippen LogP contribution in [0, 0.1) is 0 Å². The summed E-state index contributed by atoms with van der Waals surface area (Å²) in [4.78, 5) is 26.3. The minimum absolute atomic E-state index is 0.0325. The van der Waals surface area contributed by atoms with Crippen molar-refractivity contribution in [1.29, 1.82) is 0 Å². The van der Waals surface area contributed by atoms with Gasteiger partial charge in [-0.15, -0.1) is 0 Å². The van der Waals surface area contributed by atoms with Gasteiger partial charge in [-0.25, -0.2) is 9.78 Å². The number of carbonyl (C=O) groups is 1. The number of amides is 1. The number of rotatable bonds is 4. The number of ether oxygens (including phenoxy) is 2. The van der Waals surface area contributed by atoms with Crippen LogP contribution in [0.1, 0.15) is 52.9 Å². The third kappa shape index (κ3) is 4.76. The number of aromatic hydroxyl groups is 1. The molecule has 1 aromatic carbocycles. The molecule has 0 aliphatic carbocycles. The molecule has 0 spiro atoms. The third-order valence-electron chi connectivity index (χ3n) is 5.81. The van der Waals surface area contributed by atoms with Crippen LogP contribution in [-0.2, 0) is 4.74 Å². The van der Waals surface area contributed by atoms with Gasteiger partial charge in [0.25, 0.3) is 0 Å². The largest absolute Gasteiger partial charge is 0.504 e. The molecule has 3 heterocycles. The summed E-state index contributed by atoms with van der Waals surface area (Å²) >= 11 is 0. The van der Waals surface area contributed by atoms with Crippen molar-refractivity contribution in [2.45, 2.75) is 64.6 Å². The lowest BCUT2D eigenvalue weighted by Crippen LogP contribution is -2.49. The van der Waals surface area contributed by atoms with Crippen molar-refractivity contribution in [2.24, 2.45) is 0 Å². The molecule has 2 fully saturated rings. The van der Waals surface area contributed by atoms with Gasteiger partial charge < -0.3 is 24.8 Å². The number of hydrogen-bond acceptors (Lipinski definition) is 8. The first-order valence-electron chi connectivity index (χ1n) is 11.3. The Morgan fingerprint density at radius 3 is 2.53 bits per heavy atom. The van der Waals surface area contributed by atoms with Gasteiger partial charge in [-0.3, -0.25) is 4.90 Å². The number of fused-ring (bicyclic) bond motifs is 1. The van der Waals surface area contributed by atoms with Crippen LogP contribution >= 0.6 is 0 Å². The van der Waals surface area contributed by atoms with Gasteiger partial charge in [0.2, 0.25) is 5.95 Å². The second kappa shape index (κ2) is 8.88. The van der Waals surface area contributed by atoms with Gasteiger partial charge in [0, 0.05) is 31.1 Å². The average molecular weight is 444 g/mol. The van der Waals surface area contributed by atoms with E-state index in [1.54, 1.807) is 17.0 Å². The first-order chi connectivity index (χ1) is 15.2. The molecule has 0 saturated carbocycles. The Morgan fingerprint density at radius 1 is 1.12 bits per heavy atom. The molecule has 32 heavy (non-hydrogen) atoms. The molecule has 1 amide bonds. The van der Waals surface area contributed by atoms with Crippen molar-refractivity contribution in [3.05, 3.63) is 12.1 Å². The number of phenolic OH excluding ortho intramolecular Hbond substituents is 1. The van der Waals surface area contributed by atoms with E-state index in [9.17, 15) is 9.90 Å². The summed E-state index contributed by atoms with van der Waals surface area (Å²) in [6.07, 6.45) is 4.36. The van der Waals surface area contributed by atoms with Crippen LogP contribution in [0.5, 0.6) is 11.5 Å². The van der Waals surface area contributed by atoms with E-state index < -0.39 is 5.60 Å². The molecular weight excluding hydrogens is 410 g/mol. The van der Waals surface area contributed by atoms with E-state index in [1.165, 1.54) is 7.11 Å². The summed E-state index contributed by atoms with van der Waals surface area (Å²) in [6, 6.07) is 3.34. The standard InChI is InChI=1S/C23H33N5O4/c1-23(2,3)32-22(30)28-12-6-5-9-19(28)25-20-15-13-18(31-4)17(29)14-16(15)24-21(26-20)27-10-7-8-11-27/h13-14,19,29H,5-12H2,1-4H3,(H,24,25,26).